The average Bonchev–Trinajstić information content (AvgIpc) is 3.21. The Labute approximate surface area is 139 Å². The van der Waals surface area contributed by atoms with E-state index in [9.17, 15) is 14.9 Å². The van der Waals surface area contributed by atoms with E-state index in [0.29, 0.717) is 10.4 Å². The van der Waals surface area contributed by atoms with Crippen LogP contribution in [-0.2, 0) is 4.79 Å². The number of hydrogen-bond acceptors (Lipinski definition) is 7. The first-order chi connectivity index (χ1) is 11.6. The summed E-state index contributed by atoms with van der Waals surface area (Å²) < 4.78 is 1.51. The number of rotatable bonds is 5. The minimum atomic E-state index is -0.604. The third-order valence-corrected chi connectivity index (χ3v) is 4.25. The molecular weight excluding hydrogens is 332 g/mol. The zero-order chi connectivity index (χ0) is 17.1. The molecule has 0 saturated carbocycles. The molecule has 1 amide bonds. The van der Waals surface area contributed by atoms with Gasteiger partial charge in [0.05, 0.1) is 21.5 Å². The molecule has 0 aliphatic rings. The summed E-state index contributed by atoms with van der Waals surface area (Å²) in [4.78, 5) is 22.9. The van der Waals surface area contributed by atoms with Crippen LogP contribution in [0.1, 0.15) is 17.8 Å². The fraction of sp³-hybridized carbons (Fsp3) is 0.143. The number of hydrazone groups is 1. The first-order valence-electron chi connectivity index (χ1n) is 6.93. The van der Waals surface area contributed by atoms with Crippen molar-refractivity contribution in [2.24, 2.45) is 5.10 Å². The molecule has 0 fully saturated rings. The highest BCUT2D eigenvalue weighted by Crippen LogP contribution is 2.22. The molecule has 0 spiro atoms. The van der Waals surface area contributed by atoms with Gasteiger partial charge in [0.25, 0.3) is 5.91 Å². The van der Waals surface area contributed by atoms with Gasteiger partial charge in [-0.3, -0.25) is 14.9 Å². The fourth-order valence-electron chi connectivity index (χ4n) is 2.05. The first kappa shape index (κ1) is 15.7. The van der Waals surface area contributed by atoms with Crippen LogP contribution < -0.4 is 5.43 Å². The van der Waals surface area contributed by atoms with Gasteiger partial charge in [0.1, 0.15) is 11.6 Å². The fourth-order valence-corrected chi connectivity index (χ4v) is 2.74. The van der Waals surface area contributed by atoms with E-state index in [0.717, 1.165) is 16.9 Å². The normalized spacial score (nSPS) is 12.5. The van der Waals surface area contributed by atoms with Crippen LogP contribution in [0.5, 0.6) is 0 Å². The van der Waals surface area contributed by atoms with E-state index in [4.69, 9.17) is 0 Å². The van der Waals surface area contributed by atoms with Crippen LogP contribution in [0.25, 0.3) is 11.0 Å². The molecule has 3 aromatic rings. The lowest BCUT2D eigenvalue weighted by Crippen LogP contribution is -2.28. The zero-order valence-electron chi connectivity index (χ0n) is 12.5. The van der Waals surface area contributed by atoms with Crippen LogP contribution in [0.15, 0.2) is 41.5 Å². The number of nitrogens with zero attached hydrogens (tertiary/aromatic N) is 5. The number of hydrogen-bond donors (Lipinski definition) is 1. The molecule has 0 aliphatic carbocycles. The molecule has 3 rings (SSSR count). The molecule has 1 atom stereocenters. The largest absolute Gasteiger partial charge is 0.324 e. The monoisotopic (exact) mass is 344 g/mol. The van der Waals surface area contributed by atoms with Crippen molar-refractivity contribution in [1.29, 1.82) is 0 Å². The summed E-state index contributed by atoms with van der Waals surface area (Å²) in [5.41, 5.74) is 3.85. The van der Waals surface area contributed by atoms with Gasteiger partial charge >= 0.3 is 5.00 Å². The summed E-state index contributed by atoms with van der Waals surface area (Å²) in [5, 5.41) is 22.4. The summed E-state index contributed by atoms with van der Waals surface area (Å²) in [6, 6.07) is 9.67. The molecule has 2 heterocycles. The molecule has 122 valence electrons. The Bertz CT molecular complexity index is 931. The molecule has 24 heavy (non-hydrogen) atoms. The predicted molar refractivity (Wildman–Crippen MR) is 88.9 cm³/mol. The van der Waals surface area contributed by atoms with E-state index in [2.05, 4.69) is 20.8 Å². The minimum absolute atomic E-state index is 0.0187. The standard InChI is InChI=1S/C14H12N6O3S/c1-9(19-12-5-3-2-4-11(12)16-18-19)14(21)17-15-8-10-6-7-13(24-10)20(22)23/h2-9H,1H3,(H,17,21)/t9-/m1/s1. The van der Waals surface area contributed by atoms with Gasteiger partial charge in [-0.2, -0.15) is 5.10 Å². The molecule has 0 radical (unpaired) electrons. The molecule has 0 bridgehead atoms. The summed E-state index contributed by atoms with van der Waals surface area (Å²) in [6.45, 7) is 1.68. The van der Waals surface area contributed by atoms with Crippen LogP contribution in [0.4, 0.5) is 5.00 Å². The summed E-state index contributed by atoms with van der Waals surface area (Å²) in [5.74, 6) is -0.368. The number of carbonyl (C=O) groups excluding carboxylic acids is 1. The van der Waals surface area contributed by atoms with Gasteiger partial charge in [0, 0.05) is 6.07 Å². The van der Waals surface area contributed by atoms with E-state index < -0.39 is 11.0 Å². The number of benzene rings is 1. The molecule has 10 heteroatoms. The lowest BCUT2D eigenvalue weighted by Gasteiger charge is -2.10. The second-order valence-electron chi connectivity index (χ2n) is 4.87. The Morgan fingerprint density at radius 1 is 1.42 bits per heavy atom. The van der Waals surface area contributed by atoms with Gasteiger partial charge in [-0.1, -0.05) is 28.7 Å². The Morgan fingerprint density at radius 2 is 2.21 bits per heavy atom. The number of fused-ring (bicyclic) bond motifs is 1. The maximum atomic E-state index is 12.2. The molecule has 0 unspecified atom stereocenters. The van der Waals surface area contributed by atoms with Crippen molar-refractivity contribution in [3.8, 4) is 0 Å². The van der Waals surface area contributed by atoms with Crippen LogP contribution in [0, 0.1) is 10.1 Å². The third-order valence-electron chi connectivity index (χ3n) is 3.28. The van der Waals surface area contributed by atoms with Crippen LogP contribution in [-0.4, -0.2) is 32.0 Å². The van der Waals surface area contributed by atoms with Gasteiger partial charge in [-0.15, -0.1) is 5.10 Å². The Balaban J connectivity index is 1.67. The van der Waals surface area contributed by atoms with Gasteiger partial charge < -0.3 is 0 Å². The van der Waals surface area contributed by atoms with Crippen molar-refractivity contribution in [2.75, 3.05) is 0 Å². The van der Waals surface area contributed by atoms with Crippen molar-refractivity contribution in [3.05, 3.63) is 51.4 Å². The molecule has 0 aliphatic heterocycles. The van der Waals surface area contributed by atoms with E-state index in [1.165, 1.54) is 17.0 Å². The summed E-state index contributed by atoms with van der Waals surface area (Å²) >= 11 is 0.973. The molecule has 1 N–H and O–H groups in total. The SMILES string of the molecule is C[C@H](C(=O)NN=Cc1ccc([N+](=O)[O-])s1)n1nnc2ccccc21. The number of amides is 1. The third kappa shape index (κ3) is 3.13. The Kier molecular flexibility index (Phi) is 4.29. The first-order valence-corrected chi connectivity index (χ1v) is 7.75. The van der Waals surface area contributed by atoms with Crippen LogP contribution >= 0.6 is 11.3 Å². The van der Waals surface area contributed by atoms with Crippen molar-refractivity contribution >= 4 is 39.5 Å². The molecule has 0 saturated heterocycles. The maximum absolute atomic E-state index is 12.2. The summed E-state index contributed by atoms with van der Waals surface area (Å²) in [7, 11) is 0. The van der Waals surface area contributed by atoms with Gasteiger partial charge in [0.15, 0.2) is 0 Å². The maximum Gasteiger partial charge on any atom is 0.324 e. The van der Waals surface area contributed by atoms with Crippen molar-refractivity contribution in [3.63, 3.8) is 0 Å². The second-order valence-corrected chi connectivity index (χ2v) is 5.96. The number of aromatic nitrogens is 3. The van der Waals surface area contributed by atoms with E-state index in [1.54, 1.807) is 13.0 Å². The number of para-hydroxylation sites is 1. The highest BCUT2D eigenvalue weighted by atomic mass is 32.1. The van der Waals surface area contributed by atoms with E-state index in [1.807, 2.05) is 24.3 Å². The average molecular weight is 344 g/mol. The smallest absolute Gasteiger partial charge is 0.271 e. The van der Waals surface area contributed by atoms with Crippen LogP contribution in [0.2, 0.25) is 0 Å². The summed E-state index contributed by atoms with van der Waals surface area (Å²) in [6.07, 6.45) is 1.36. The molecule has 1 aromatic carbocycles. The van der Waals surface area contributed by atoms with Gasteiger partial charge in [-0.25, -0.2) is 10.1 Å². The van der Waals surface area contributed by atoms with Crippen molar-refractivity contribution < 1.29 is 9.72 Å². The number of thiophene rings is 1. The highest BCUT2D eigenvalue weighted by Gasteiger charge is 2.18. The van der Waals surface area contributed by atoms with Crippen molar-refractivity contribution in [1.82, 2.24) is 20.4 Å². The van der Waals surface area contributed by atoms with Gasteiger partial charge in [-0.05, 0) is 25.1 Å². The quantitative estimate of drug-likeness (QED) is 0.432. The Morgan fingerprint density at radius 3 is 2.96 bits per heavy atom. The number of carbonyl (C=O) groups is 1. The predicted octanol–water partition coefficient (Wildman–Crippen LogP) is 2.11. The minimum Gasteiger partial charge on any atom is -0.271 e. The van der Waals surface area contributed by atoms with Crippen LogP contribution in [0.3, 0.4) is 0 Å². The van der Waals surface area contributed by atoms with E-state index >= 15 is 0 Å². The van der Waals surface area contributed by atoms with Gasteiger partial charge in [0.2, 0.25) is 0 Å². The topological polar surface area (TPSA) is 115 Å². The second kappa shape index (κ2) is 6.54. The highest BCUT2D eigenvalue weighted by molar-refractivity contribution is 7.16. The lowest BCUT2D eigenvalue weighted by molar-refractivity contribution is -0.380. The number of nitrogens with one attached hydrogen (secondary N) is 1. The molecular formula is C14H12N6O3S. The lowest BCUT2D eigenvalue weighted by atomic mass is 10.3. The molecule has 2 aromatic heterocycles. The van der Waals surface area contributed by atoms with Crippen molar-refractivity contribution in [2.45, 2.75) is 13.0 Å². The molecule has 9 nitrogen and oxygen atoms in total. The number of nitro groups is 1. The Hall–Kier alpha value is -3.14. The zero-order valence-corrected chi connectivity index (χ0v) is 13.3. The van der Waals surface area contributed by atoms with E-state index in [-0.39, 0.29) is 10.9 Å².